The van der Waals surface area contributed by atoms with Crippen LogP contribution in [0.2, 0.25) is 0 Å². The Morgan fingerprint density at radius 2 is 1.60 bits per heavy atom. The van der Waals surface area contributed by atoms with Crippen molar-refractivity contribution in [2.24, 2.45) is 10.7 Å². The van der Waals surface area contributed by atoms with Gasteiger partial charge in [0.15, 0.2) is 0 Å². The van der Waals surface area contributed by atoms with Crippen molar-refractivity contribution < 1.29 is 19.8 Å². The summed E-state index contributed by atoms with van der Waals surface area (Å²) >= 11 is 0. The van der Waals surface area contributed by atoms with Gasteiger partial charge in [-0.2, -0.15) is 0 Å². The molecule has 3 aromatic carbocycles. The second-order valence-electron chi connectivity index (χ2n) is 6.87. The highest BCUT2D eigenvalue weighted by Gasteiger charge is 2.38. The normalized spacial score (nSPS) is 16.4. The average molecular weight is 401 g/mol. The largest absolute Gasteiger partial charge is 0.478 e. The number of carbonyl (C=O) groups is 2. The zero-order valence-corrected chi connectivity index (χ0v) is 15.8. The highest BCUT2D eigenvalue weighted by atomic mass is 16.4. The van der Waals surface area contributed by atoms with Crippen molar-refractivity contribution in [3.05, 3.63) is 95.6 Å². The molecule has 1 amide bonds. The van der Waals surface area contributed by atoms with E-state index >= 15 is 0 Å². The SMILES string of the molecule is NC(=O)C(O)N1c2ccc(C(=O)O)cc2N=C(c2ccccc2)[C@@H]1c1ccccc1. The third-order valence-electron chi connectivity index (χ3n) is 4.98. The quantitative estimate of drug-likeness (QED) is 0.608. The number of hydrogen-bond donors (Lipinski definition) is 3. The summed E-state index contributed by atoms with van der Waals surface area (Å²) in [6.07, 6.45) is -1.64. The Bertz CT molecular complexity index is 1130. The minimum Gasteiger partial charge on any atom is -0.478 e. The summed E-state index contributed by atoms with van der Waals surface area (Å²) < 4.78 is 0. The number of aromatic carboxylic acids is 1. The number of primary amides is 1. The number of aliphatic hydroxyl groups excluding tert-OH is 1. The molecule has 0 radical (unpaired) electrons. The fraction of sp³-hybridized carbons (Fsp3) is 0.0870. The number of carbonyl (C=O) groups excluding carboxylic acids is 1. The Balaban J connectivity index is 2.01. The van der Waals surface area contributed by atoms with Gasteiger partial charge in [0.25, 0.3) is 5.91 Å². The van der Waals surface area contributed by atoms with Gasteiger partial charge in [0, 0.05) is 0 Å². The molecule has 1 unspecified atom stereocenters. The second-order valence-corrected chi connectivity index (χ2v) is 6.87. The number of aliphatic hydroxyl groups is 1. The monoisotopic (exact) mass is 401 g/mol. The number of fused-ring (bicyclic) bond motifs is 1. The summed E-state index contributed by atoms with van der Waals surface area (Å²) in [5, 5.41) is 20.1. The van der Waals surface area contributed by atoms with Gasteiger partial charge in [0.2, 0.25) is 6.23 Å². The van der Waals surface area contributed by atoms with Gasteiger partial charge in [-0.1, -0.05) is 60.7 Å². The molecule has 0 spiro atoms. The van der Waals surface area contributed by atoms with E-state index in [1.54, 1.807) is 0 Å². The van der Waals surface area contributed by atoms with Gasteiger partial charge < -0.3 is 20.8 Å². The molecule has 4 N–H and O–H groups in total. The molecular formula is C23H19N3O4. The highest BCUT2D eigenvalue weighted by molar-refractivity contribution is 6.11. The molecule has 0 bridgehead atoms. The fourth-order valence-electron chi connectivity index (χ4n) is 3.62. The number of rotatable bonds is 5. The van der Waals surface area contributed by atoms with Gasteiger partial charge in [-0.15, -0.1) is 0 Å². The Kier molecular flexibility index (Phi) is 5.04. The molecule has 4 rings (SSSR count). The van der Waals surface area contributed by atoms with Crippen molar-refractivity contribution in [3.63, 3.8) is 0 Å². The van der Waals surface area contributed by atoms with Crippen molar-refractivity contribution in [3.8, 4) is 0 Å². The van der Waals surface area contributed by atoms with E-state index in [1.807, 2.05) is 60.7 Å². The van der Waals surface area contributed by atoms with Crippen LogP contribution in [0, 0.1) is 0 Å². The van der Waals surface area contributed by atoms with E-state index in [4.69, 9.17) is 10.7 Å². The van der Waals surface area contributed by atoms with Crippen LogP contribution in [0.15, 0.2) is 83.9 Å². The van der Waals surface area contributed by atoms with E-state index in [2.05, 4.69) is 0 Å². The van der Waals surface area contributed by atoms with Crippen molar-refractivity contribution in [1.29, 1.82) is 0 Å². The first kappa shape index (κ1) is 19.4. The Morgan fingerprint density at radius 3 is 2.20 bits per heavy atom. The summed E-state index contributed by atoms with van der Waals surface area (Å²) in [7, 11) is 0. The molecule has 3 aromatic rings. The van der Waals surface area contributed by atoms with Crippen LogP contribution in [0.3, 0.4) is 0 Å². The number of nitrogens with zero attached hydrogens (tertiary/aromatic N) is 2. The lowest BCUT2D eigenvalue weighted by Crippen LogP contribution is -2.50. The van der Waals surface area contributed by atoms with Crippen LogP contribution in [0.25, 0.3) is 0 Å². The fourth-order valence-corrected chi connectivity index (χ4v) is 3.62. The average Bonchev–Trinajstić information content (AvgIpc) is 2.78. The number of anilines is 1. The van der Waals surface area contributed by atoms with E-state index in [1.165, 1.54) is 23.1 Å². The van der Waals surface area contributed by atoms with Crippen LogP contribution in [-0.4, -0.2) is 34.0 Å². The molecule has 0 aromatic heterocycles. The molecule has 0 saturated carbocycles. The first-order chi connectivity index (χ1) is 14.5. The number of carboxylic acid groups (broad SMARTS) is 1. The lowest BCUT2D eigenvalue weighted by atomic mass is 9.91. The molecule has 0 fully saturated rings. The van der Waals surface area contributed by atoms with E-state index in [0.29, 0.717) is 17.1 Å². The summed E-state index contributed by atoms with van der Waals surface area (Å²) in [4.78, 5) is 29.7. The summed E-state index contributed by atoms with van der Waals surface area (Å²) in [5.41, 5.74) is 8.41. The summed E-state index contributed by atoms with van der Waals surface area (Å²) in [6.45, 7) is 0. The molecule has 2 atom stereocenters. The molecule has 1 aliphatic rings. The minimum absolute atomic E-state index is 0.0524. The van der Waals surface area contributed by atoms with Gasteiger partial charge >= 0.3 is 5.97 Å². The molecule has 7 nitrogen and oxygen atoms in total. The van der Waals surface area contributed by atoms with E-state index in [0.717, 1.165) is 11.1 Å². The van der Waals surface area contributed by atoms with Gasteiger partial charge in [-0.05, 0) is 29.3 Å². The standard InChI is InChI=1S/C23H19N3O4/c24-21(27)22(28)26-18-12-11-16(23(29)30)13-17(18)25-19(14-7-3-1-4-8-14)20(26)15-9-5-2-6-10-15/h1-13,20,22,28H,(H2,24,27)(H,29,30)/t20-,22?/m0/s1. The highest BCUT2D eigenvalue weighted by Crippen LogP contribution is 2.43. The van der Waals surface area contributed by atoms with Crippen LogP contribution >= 0.6 is 0 Å². The number of hydrogen-bond acceptors (Lipinski definition) is 5. The maximum atomic E-state index is 12.0. The lowest BCUT2D eigenvalue weighted by molar-refractivity contribution is -0.126. The number of amides is 1. The number of nitrogens with two attached hydrogens (primary N) is 1. The molecule has 1 aliphatic heterocycles. The van der Waals surface area contributed by atoms with Crippen molar-refractivity contribution >= 4 is 29.0 Å². The number of aliphatic imine (C=N–C) groups is 1. The van der Waals surface area contributed by atoms with Gasteiger partial charge in [-0.3, -0.25) is 4.79 Å². The van der Waals surface area contributed by atoms with Crippen molar-refractivity contribution in [2.45, 2.75) is 12.3 Å². The van der Waals surface area contributed by atoms with Crippen LogP contribution in [0.4, 0.5) is 11.4 Å². The lowest BCUT2D eigenvalue weighted by Gasteiger charge is -2.40. The van der Waals surface area contributed by atoms with E-state index in [-0.39, 0.29) is 5.56 Å². The minimum atomic E-state index is -1.64. The van der Waals surface area contributed by atoms with Crippen LogP contribution < -0.4 is 10.6 Å². The summed E-state index contributed by atoms with van der Waals surface area (Å²) in [6, 6.07) is 22.4. The third-order valence-corrected chi connectivity index (χ3v) is 4.98. The van der Waals surface area contributed by atoms with Gasteiger partial charge in [-0.25, -0.2) is 9.79 Å². The van der Waals surface area contributed by atoms with Gasteiger partial charge in [0.1, 0.15) is 6.04 Å². The zero-order valence-electron chi connectivity index (χ0n) is 15.8. The van der Waals surface area contributed by atoms with E-state index < -0.39 is 24.1 Å². The third kappa shape index (κ3) is 3.42. The topological polar surface area (TPSA) is 116 Å². The zero-order chi connectivity index (χ0) is 21.3. The maximum Gasteiger partial charge on any atom is 0.335 e. The van der Waals surface area contributed by atoms with E-state index in [9.17, 15) is 19.8 Å². The molecule has 0 saturated heterocycles. The predicted octanol–water partition coefficient (Wildman–Crippen LogP) is 2.87. The molecule has 1 heterocycles. The smallest absolute Gasteiger partial charge is 0.335 e. The van der Waals surface area contributed by atoms with Crippen molar-refractivity contribution in [1.82, 2.24) is 0 Å². The van der Waals surface area contributed by atoms with Crippen LogP contribution in [-0.2, 0) is 4.79 Å². The first-order valence-electron chi connectivity index (χ1n) is 9.29. The molecule has 0 aliphatic carbocycles. The molecule has 7 heteroatoms. The molecule has 30 heavy (non-hydrogen) atoms. The van der Waals surface area contributed by atoms with Gasteiger partial charge in [0.05, 0.1) is 22.6 Å². The second kappa shape index (κ2) is 7.81. The Hall–Kier alpha value is -3.97. The first-order valence-corrected chi connectivity index (χ1v) is 9.29. The number of benzene rings is 3. The Labute approximate surface area is 172 Å². The Morgan fingerprint density at radius 1 is 0.967 bits per heavy atom. The van der Waals surface area contributed by atoms with Crippen LogP contribution in [0.1, 0.15) is 27.5 Å². The molecular weight excluding hydrogens is 382 g/mol. The number of carboxylic acids is 1. The molecule has 150 valence electrons. The summed E-state index contributed by atoms with van der Waals surface area (Å²) in [5.74, 6) is -2.01. The maximum absolute atomic E-state index is 12.0. The van der Waals surface area contributed by atoms with Crippen LogP contribution in [0.5, 0.6) is 0 Å². The predicted molar refractivity (Wildman–Crippen MR) is 113 cm³/mol. The van der Waals surface area contributed by atoms with Crippen molar-refractivity contribution in [2.75, 3.05) is 4.90 Å².